The van der Waals surface area contributed by atoms with Crippen LogP contribution in [-0.2, 0) is 16.1 Å². The third-order valence-corrected chi connectivity index (χ3v) is 3.22. The number of para-hydroxylation sites is 1. The topological polar surface area (TPSA) is 59.1 Å². The smallest absolute Gasteiger partial charge is 0.227 e. The number of amides is 1. The molecule has 1 aromatic heterocycles. The summed E-state index contributed by atoms with van der Waals surface area (Å²) in [6.45, 7) is 1.78. The average Bonchev–Trinajstić information content (AvgIpc) is 2.68. The summed E-state index contributed by atoms with van der Waals surface area (Å²) in [6, 6.07) is 7.82. The summed E-state index contributed by atoms with van der Waals surface area (Å²) in [6.07, 6.45) is -0.0646. The Morgan fingerprint density at radius 1 is 1.35 bits per heavy atom. The van der Waals surface area contributed by atoms with Gasteiger partial charge in [0.15, 0.2) is 0 Å². The summed E-state index contributed by atoms with van der Waals surface area (Å²) in [4.78, 5) is 26.4. The number of nitrogens with one attached hydrogen (secondary N) is 1. The monoisotopic (exact) mass is 248 g/mol. The van der Waals surface area contributed by atoms with E-state index in [2.05, 4.69) is 10.3 Å². The van der Waals surface area contributed by atoms with Crippen molar-refractivity contribution in [2.24, 2.45) is 0 Å². The first-order chi connectivity index (χ1) is 8.15. The second-order valence-corrected chi connectivity index (χ2v) is 4.85. The third-order valence-electron chi connectivity index (χ3n) is 2.18. The van der Waals surface area contributed by atoms with Gasteiger partial charge in [0.1, 0.15) is 10.8 Å². The molecule has 1 heterocycles. The van der Waals surface area contributed by atoms with E-state index in [1.54, 1.807) is 11.3 Å². The van der Waals surface area contributed by atoms with E-state index in [0.29, 0.717) is 6.54 Å². The molecule has 0 radical (unpaired) electrons. The molecule has 0 saturated carbocycles. The molecule has 88 valence electrons. The van der Waals surface area contributed by atoms with Crippen LogP contribution in [0.4, 0.5) is 0 Å². The Kier molecular flexibility index (Phi) is 3.49. The quantitative estimate of drug-likeness (QED) is 0.841. The summed E-state index contributed by atoms with van der Waals surface area (Å²) in [5.41, 5.74) is 0.938. The van der Waals surface area contributed by atoms with Crippen LogP contribution in [0.2, 0.25) is 0 Å². The molecule has 2 aromatic rings. The van der Waals surface area contributed by atoms with Gasteiger partial charge in [0.25, 0.3) is 0 Å². The van der Waals surface area contributed by atoms with Crippen molar-refractivity contribution < 1.29 is 9.59 Å². The van der Waals surface area contributed by atoms with Gasteiger partial charge in [-0.2, -0.15) is 0 Å². The Balaban J connectivity index is 1.99. The molecule has 1 amide bonds. The number of carbonyl (C=O) groups excluding carboxylic acids is 2. The van der Waals surface area contributed by atoms with Crippen molar-refractivity contribution in [3.05, 3.63) is 29.3 Å². The molecule has 0 saturated heterocycles. The van der Waals surface area contributed by atoms with E-state index in [4.69, 9.17) is 0 Å². The summed E-state index contributed by atoms with van der Waals surface area (Å²) < 4.78 is 1.10. The summed E-state index contributed by atoms with van der Waals surface area (Å²) >= 11 is 1.55. The number of aromatic nitrogens is 1. The molecule has 0 fully saturated rings. The maximum absolute atomic E-state index is 11.3. The normalized spacial score (nSPS) is 10.4. The summed E-state index contributed by atoms with van der Waals surface area (Å²) in [7, 11) is 0. The van der Waals surface area contributed by atoms with E-state index >= 15 is 0 Å². The maximum Gasteiger partial charge on any atom is 0.227 e. The van der Waals surface area contributed by atoms with Crippen molar-refractivity contribution in [3.8, 4) is 0 Å². The SMILES string of the molecule is CC(=O)CC(=O)NCc1nc2ccccc2s1. The van der Waals surface area contributed by atoms with Crippen molar-refractivity contribution in [2.45, 2.75) is 19.9 Å². The Morgan fingerprint density at radius 2 is 2.12 bits per heavy atom. The van der Waals surface area contributed by atoms with E-state index in [1.165, 1.54) is 6.92 Å². The van der Waals surface area contributed by atoms with Crippen LogP contribution in [0.5, 0.6) is 0 Å². The van der Waals surface area contributed by atoms with Gasteiger partial charge < -0.3 is 5.32 Å². The Labute approximate surface area is 103 Å². The van der Waals surface area contributed by atoms with Crippen LogP contribution >= 0.6 is 11.3 Å². The molecule has 0 aliphatic heterocycles. The predicted molar refractivity (Wildman–Crippen MR) is 66.8 cm³/mol. The molecule has 1 aromatic carbocycles. The minimum absolute atomic E-state index is 0.0646. The second-order valence-electron chi connectivity index (χ2n) is 3.73. The standard InChI is InChI=1S/C12H12N2O2S/c1-8(15)6-11(16)13-7-12-14-9-4-2-3-5-10(9)17-12/h2-5H,6-7H2,1H3,(H,13,16). The molecule has 0 unspecified atom stereocenters. The molecule has 0 aliphatic carbocycles. The lowest BCUT2D eigenvalue weighted by Crippen LogP contribution is -2.24. The Bertz CT molecular complexity index is 529. The van der Waals surface area contributed by atoms with E-state index in [9.17, 15) is 9.59 Å². The number of ketones is 1. The van der Waals surface area contributed by atoms with Gasteiger partial charge in [-0.15, -0.1) is 11.3 Å². The zero-order valence-corrected chi connectivity index (χ0v) is 10.2. The minimum atomic E-state index is -0.253. The van der Waals surface area contributed by atoms with Gasteiger partial charge >= 0.3 is 0 Å². The molecule has 1 N–H and O–H groups in total. The van der Waals surface area contributed by atoms with Crippen molar-refractivity contribution >= 4 is 33.2 Å². The molecule has 4 nitrogen and oxygen atoms in total. The molecule has 0 atom stereocenters. The van der Waals surface area contributed by atoms with E-state index in [0.717, 1.165) is 15.2 Å². The molecule has 5 heteroatoms. The molecule has 0 bridgehead atoms. The highest BCUT2D eigenvalue weighted by atomic mass is 32.1. The highest BCUT2D eigenvalue weighted by Crippen LogP contribution is 2.21. The van der Waals surface area contributed by atoms with Gasteiger partial charge in [-0.1, -0.05) is 12.1 Å². The van der Waals surface area contributed by atoms with E-state index < -0.39 is 0 Å². The highest BCUT2D eigenvalue weighted by Gasteiger charge is 2.07. The van der Waals surface area contributed by atoms with Gasteiger partial charge in [0.2, 0.25) is 5.91 Å². The number of fused-ring (bicyclic) bond motifs is 1. The van der Waals surface area contributed by atoms with Crippen molar-refractivity contribution in [1.29, 1.82) is 0 Å². The van der Waals surface area contributed by atoms with Crippen LogP contribution in [-0.4, -0.2) is 16.7 Å². The van der Waals surface area contributed by atoms with Gasteiger partial charge in [-0.05, 0) is 19.1 Å². The first-order valence-corrected chi connectivity index (χ1v) is 6.07. The summed E-state index contributed by atoms with van der Waals surface area (Å²) in [5, 5.41) is 3.53. The fourth-order valence-electron chi connectivity index (χ4n) is 1.46. The van der Waals surface area contributed by atoms with Crippen LogP contribution in [0, 0.1) is 0 Å². The van der Waals surface area contributed by atoms with Crippen molar-refractivity contribution in [3.63, 3.8) is 0 Å². The first-order valence-electron chi connectivity index (χ1n) is 5.26. The number of thiazole rings is 1. The van der Waals surface area contributed by atoms with Crippen LogP contribution in [0.15, 0.2) is 24.3 Å². The molecular formula is C12H12N2O2S. The van der Waals surface area contributed by atoms with Crippen LogP contribution in [0.25, 0.3) is 10.2 Å². The van der Waals surface area contributed by atoms with Gasteiger partial charge in [0, 0.05) is 0 Å². The Morgan fingerprint density at radius 3 is 2.82 bits per heavy atom. The largest absolute Gasteiger partial charge is 0.349 e. The zero-order chi connectivity index (χ0) is 12.3. The lowest BCUT2D eigenvalue weighted by atomic mass is 10.3. The number of hydrogen-bond acceptors (Lipinski definition) is 4. The molecular weight excluding hydrogens is 236 g/mol. The van der Waals surface area contributed by atoms with Crippen LogP contribution < -0.4 is 5.32 Å². The van der Waals surface area contributed by atoms with Crippen LogP contribution in [0.3, 0.4) is 0 Å². The molecule has 2 rings (SSSR count). The number of rotatable bonds is 4. The fourth-order valence-corrected chi connectivity index (χ4v) is 2.37. The lowest BCUT2D eigenvalue weighted by molar-refractivity contribution is -0.127. The number of Topliss-reactive ketones (excluding diaryl/α,β-unsaturated/α-hetero) is 1. The number of carbonyl (C=O) groups is 2. The average molecular weight is 248 g/mol. The van der Waals surface area contributed by atoms with Crippen molar-refractivity contribution in [2.75, 3.05) is 0 Å². The maximum atomic E-state index is 11.3. The first kappa shape index (κ1) is 11.7. The van der Waals surface area contributed by atoms with Gasteiger partial charge in [-0.3, -0.25) is 9.59 Å². The predicted octanol–water partition coefficient (Wildman–Crippen LogP) is 1.89. The van der Waals surface area contributed by atoms with Gasteiger partial charge in [-0.25, -0.2) is 4.98 Å². The van der Waals surface area contributed by atoms with E-state index in [-0.39, 0.29) is 18.1 Å². The van der Waals surface area contributed by atoms with E-state index in [1.807, 2.05) is 24.3 Å². The highest BCUT2D eigenvalue weighted by molar-refractivity contribution is 7.18. The minimum Gasteiger partial charge on any atom is -0.349 e. The number of benzene rings is 1. The number of nitrogens with zero attached hydrogens (tertiary/aromatic N) is 1. The fraction of sp³-hybridized carbons (Fsp3) is 0.250. The molecule has 0 spiro atoms. The molecule has 17 heavy (non-hydrogen) atoms. The zero-order valence-electron chi connectivity index (χ0n) is 9.40. The second kappa shape index (κ2) is 5.05. The Hall–Kier alpha value is -1.75. The van der Waals surface area contributed by atoms with Crippen LogP contribution in [0.1, 0.15) is 18.4 Å². The van der Waals surface area contributed by atoms with Gasteiger partial charge in [0.05, 0.1) is 23.2 Å². The lowest BCUT2D eigenvalue weighted by Gasteiger charge is -1.99. The van der Waals surface area contributed by atoms with Crippen molar-refractivity contribution in [1.82, 2.24) is 10.3 Å². The molecule has 0 aliphatic rings. The number of hydrogen-bond donors (Lipinski definition) is 1. The summed E-state index contributed by atoms with van der Waals surface area (Å²) in [5.74, 6) is -0.386. The third kappa shape index (κ3) is 3.10.